The Morgan fingerprint density at radius 3 is 1.74 bits per heavy atom. The zero-order valence-corrected chi connectivity index (χ0v) is 19.1. The van der Waals surface area contributed by atoms with E-state index < -0.39 is 10.5 Å². The van der Waals surface area contributed by atoms with Gasteiger partial charge in [-0.2, -0.15) is 0 Å². The summed E-state index contributed by atoms with van der Waals surface area (Å²) in [6.45, 7) is 0. The van der Waals surface area contributed by atoms with Crippen molar-refractivity contribution in [2.45, 2.75) is 5.54 Å². The highest BCUT2D eigenvalue weighted by Crippen LogP contribution is 2.45. The van der Waals surface area contributed by atoms with Gasteiger partial charge in [-0.1, -0.05) is 97.1 Å². The molecule has 0 saturated heterocycles. The van der Waals surface area contributed by atoms with Crippen molar-refractivity contribution in [3.05, 3.63) is 149 Å². The van der Waals surface area contributed by atoms with E-state index in [4.69, 9.17) is 4.74 Å². The summed E-state index contributed by atoms with van der Waals surface area (Å²) in [6.07, 6.45) is 3.51. The summed E-state index contributed by atoms with van der Waals surface area (Å²) in [5.74, 6) is 0.197. The summed E-state index contributed by atoms with van der Waals surface area (Å²) in [4.78, 5) is 15.9. The summed E-state index contributed by atoms with van der Waals surface area (Å²) in [7, 11) is 1.45. The van der Waals surface area contributed by atoms with Crippen molar-refractivity contribution < 1.29 is 9.66 Å². The highest BCUT2D eigenvalue weighted by atomic mass is 16.6. The van der Waals surface area contributed by atoms with E-state index in [2.05, 4.69) is 45.9 Å². The highest BCUT2D eigenvalue weighted by molar-refractivity contribution is 5.74. The topological polar surface area (TPSA) is 70.2 Å². The van der Waals surface area contributed by atoms with Gasteiger partial charge in [0.25, 0.3) is 0 Å². The van der Waals surface area contributed by atoms with Crippen LogP contribution in [-0.4, -0.2) is 21.6 Å². The van der Waals surface area contributed by atoms with Gasteiger partial charge in [0, 0.05) is 11.6 Å². The van der Waals surface area contributed by atoms with Crippen LogP contribution < -0.4 is 4.74 Å². The van der Waals surface area contributed by atoms with Crippen LogP contribution in [0.1, 0.15) is 16.7 Å². The Morgan fingerprint density at radius 1 is 0.771 bits per heavy atom. The van der Waals surface area contributed by atoms with Crippen molar-refractivity contribution in [2.75, 3.05) is 7.11 Å². The van der Waals surface area contributed by atoms with E-state index in [9.17, 15) is 10.1 Å². The summed E-state index contributed by atoms with van der Waals surface area (Å²) >= 11 is 0. The molecule has 0 aliphatic rings. The molecule has 1 aromatic heterocycles. The minimum atomic E-state index is -0.800. The Bertz CT molecular complexity index is 1350. The van der Waals surface area contributed by atoms with Crippen molar-refractivity contribution >= 4 is 5.69 Å². The molecule has 6 heteroatoms. The monoisotopic (exact) mass is 461 g/mol. The van der Waals surface area contributed by atoms with Crippen molar-refractivity contribution in [1.29, 1.82) is 0 Å². The van der Waals surface area contributed by atoms with Gasteiger partial charge in [-0.05, 0) is 22.8 Å². The molecular weight excluding hydrogens is 438 g/mol. The molecule has 172 valence electrons. The number of benzene rings is 4. The molecule has 0 atom stereocenters. The molecule has 5 aromatic rings. The lowest BCUT2D eigenvalue weighted by molar-refractivity contribution is -0.385. The minimum Gasteiger partial charge on any atom is -0.490 e. The summed E-state index contributed by atoms with van der Waals surface area (Å²) in [6, 6.07) is 35.5. The molecule has 4 aromatic carbocycles. The van der Waals surface area contributed by atoms with Crippen LogP contribution in [0.15, 0.2) is 122 Å². The van der Waals surface area contributed by atoms with Crippen molar-refractivity contribution in [3.63, 3.8) is 0 Å². The van der Waals surface area contributed by atoms with Crippen LogP contribution in [0.25, 0.3) is 11.3 Å². The molecule has 0 fully saturated rings. The first-order chi connectivity index (χ1) is 17.2. The number of nitrogens with zero attached hydrogens (tertiary/aromatic N) is 3. The number of rotatable bonds is 7. The van der Waals surface area contributed by atoms with Crippen LogP contribution in [0.4, 0.5) is 5.69 Å². The second-order valence-electron chi connectivity index (χ2n) is 8.07. The third-order valence-electron chi connectivity index (χ3n) is 6.25. The second kappa shape index (κ2) is 9.27. The maximum absolute atomic E-state index is 11.8. The Morgan fingerprint density at radius 2 is 1.29 bits per heavy atom. The summed E-state index contributed by atoms with van der Waals surface area (Å²) < 4.78 is 7.64. The van der Waals surface area contributed by atoms with E-state index in [0.717, 1.165) is 16.7 Å². The molecule has 1 heterocycles. The van der Waals surface area contributed by atoms with E-state index in [0.29, 0.717) is 11.3 Å². The van der Waals surface area contributed by atoms with Crippen LogP contribution in [0.2, 0.25) is 0 Å². The van der Waals surface area contributed by atoms with Gasteiger partial charge >= 0.3 is 5.69 Å². The molecule has 35 heavy (non-hydrogen) atoms. The molecule has 0 radical (unpaired) electrons. The fraction of sp³-hybridized carbons (Fsp3) is 0.0690. The van der Waals surface area contributed by atoms with Gasteiger partial charge in [-0.15, -0.1) is 0 Å². The zero-order valence-electron chi connectivity index (χ0n) is 19.1. The van der Waals surface area contributed by atoms with Crippen LogP contribution in [0.5, 0.6) is 5.75 Å². The first-order valence-corrected chi connectivity index (χ1v) is 11.2. The van der Waals surface area contributed by atoms with Gasteiger partial charge in [0.05, 0.1) is 30.3 Å². The van der Waals surface area contributed by atoms with E-state index in [1.54, 1.807) is 18.6 Å². The first kappa shape index (κ1) is 22.1. The molecular formula is C29H23N3O3. The third-order valence-corrected chi connectivity index (χ3v) is 6.25. The number of hydrogen-bond donors (Lipinski definition) is 0. The number of para-hydroxylation sites is 1. The molecule has 0 amide bonds. The molecule has 5 rings (SSSR count). The normalized spacial score (nSPS) is 11.2. The lowest BCUT2D eigenvalue weighted by Crippen LogP contribution is -2.37. The maximum atomic E-state index is 11.8. The summed E-state index contributed by atoms with van der Waals surface area (Å²) in [5.41, 5.74) is 3.48. The van der Waals surface area contributed by atoms with Crippen molar-refractivity contribution in [2.24, 2.45) is 0 Å². The first-order valence-electron chi connectivity index (χ1n) is 11.2. The maximum Gasteiger partial charge on any atom is 0.311 e. The zero-order chi connectivity index (χ0) is 24.3. The van der Waals surface area contributed by atoms with Crippen LogP contribution >= 0.6 is 0 Å². The van der Waals surface area contributed by atoms with Gasteiger partial charge in [-0.3, -0.25) is 10.1 Å². The van der Waals surface area contributed by atoms with E-state index in [-0.39, 0.29) is 11.4 Å². The number of nitro benzene ring substituents is 1. The SMILES string of the molecule is COc1c(-c2cncn2C(c2ccccc2)(c2ccccc2)c2ccccc2)cccc1[N+](=O)[O-]. The van der Waals surface area contributed by atoms with Gasteiger partial charge in [-0.25, -0.2) is 4.98 Å². The Balaban J connectivity index is 1.91. The van der Waals surface area contributed by atoms with Gasteiger partial charge in [0.2, 0.25) is 5.75 Å². The molecule has 0 spiro atoms. The number of ether oxygens (including phenoxy) is 1. The standard InChI is InChI=1S/C29H23N3O3/c1-35-28-25(18-11-19-26(28)32(33)34)27-20-30-21-31(27)29(22-12-5-2-6-13-22,23-14-7-3-8-15-23)24-16-9-4-10-17-24/h2-21H,1H3. The van der Waals surface area contributed by atoms with Gasteiger partial charge in [0.1, 0.15) is 5.54 Å². The third kappa shape index (κ3) is 3.65. The fourth-order valence-electron chi connectivity index (χ4n) is 4.80. The van der Waals surface area contributed by atoms with Crippen LogP contribution in [-0.2, 0) is 5.54 Å². The number of methoxy groups -OCH3 is 1. The van der Waals surface area contributed by atoms with E-state index in [1.807, 2.05) is 60.7 Å². The number of imidazole rings is 1. The van der Waals surface area contributed by atoms with Crippen molar-refractivity contribution in [3.8, 4) is 17.0 Å². The summed E-state index contributed by atoms with van der Waals surface area (Å²) in [5, 5.41) is 11.8. The average molecular weight is 462 g/mol. The van der Waals surface area contributed by atoms with Crippen molar-refractivity contribution in [1.82, 2.24) is 9.55 Å². The van der Waals surface area contributed by atoms with Crippen LogP contribution in [0.3, 0.4) is 0 Å². The molecule has 0 bridgehead atoms. The van der Waals surface area contributed by atoms with E-state index >= 15 is 0 Å². The fourth-order valence-corrected chi connectivity index (χ4v) is 4.80. The molecule has 6 nitrogen and oxygen atoms in total. The predicted octanol–water partition coefficient (Wildman–Crippen LogP) is 6.31. The molecule has 0 aliphatic heterocycles. The van der Waals surface area contributed by atoms with Gasteiger partial charge in [0.15, 0.2) is 0 Å². The minimum absolute atomic E-state index is 0.0949. The van der Waals surface area contributed by atoms with Crippen LogP contribution in [0, 0.1) is 10.1 Å². The Kier molecular flexibility index (Phi) is 5.85. The largest absolute Gasteiger partial charge is 0.490 e. The number of aromatic nitrogens is 2. The molecule has 0 saturated carbocycles. The molecule has 0 N–H and O–H groups in total. The van der Waals surface area contributed by atoms with Gasteiger partial charge < -0.3 is 9.30 Å². The Hall–Kier alpha value is -4.71. The quantitative estimate of drug-likeness (QED) is 0.162. The highest BCUT2D eigenvalue weighted by Gasteiger charge is 2.40. The lowest BCUT2D eigenvalue weighted by Gasteiger charge is -2.38. The predicted molar refractivity (Wildman–Crippen MR) is 135 cm³/mol. The Labute approximate surface area is 203 Å². The second-order valence-corrected chi connectivity index (χ2v) is 8.07. The molecule has 0 unspecified atom stereocenters. The number of nitro groups is 1. The molecule has 0 aliphatic carbocycles. The number of hydrogen-bond acceptors (Lipinski definition) is 4. The average Bonchev–Trinajstić information content (AvgIpc) is 3.40. The lowest BCUT2D eigenvalue weighted by atomic mass is 9.76. The van der Waals surface area contributed by atoms with E-state index in [1.165, 1.54) is 13.2 Å². The smallest absolute Gasteiger partial charge is 0.311 e.